The minimum atomic E-state index is -0.572. The summed E-state index contributed by atoms with van der Waals surface area (Å²) in [5.74, 6) is 0.0419. The first-order chi connectivity index (χ1) is 8.40. The fourth-order valence-electron chi connectivity index (χ4n) is 1.74. The Hall–Kier alpha value is -1.78. The number of carbonyl (C=O) groups excluding carboxylic acids is 2. The Bertz CT molecular complexity index is 372. The van der Waals surface area contributed by atoms with Crippen molar-refractivity contribution in [3.63, 3.8) is 0 Å². The first-order valence-electron chi connectivity index (χ1n) is 5.71. The largest absolute Gasteiger partial charge is 0.494 e. The van der Waals surface area contributed by atoms with Crippen molar-refractivity contribution < 1.29 is 23.8 Å². The second-order valence-corrected chi connectivity index (χ2v) is 4.27. The summed E-state index contributed by atoms with van der Waals surface area (Å²) in [6.07, 6.45) is 1.61. The Morgan fingerprint density at radius 2 is 1.94 bits per heavy atom. The molecular formula is C13H18O5. The summed E-state index contributed by atoms with van der Waals surface area (Å²) in [4.78, 5) is 22.2. The van der Waals surface area contributed by atoms with Crippen LogP contribution < -0.4 is 0 Å². The maximum Gasteiger partial charge on any atom is 0.303 e. The number of hydrogen-bond donors (Lipinski definition) is 0. The van der Waals surface area contributed by atoms with E-state index >= 15 is 0 Å². The van der Waals surface area contributed by atoms with Gasteiger partial charge in [-0.1, -0.05) is 6.58 Å². The first-order valence-corrected chi connectivity index (χ1v) is 5.71. The highest BCUT2D eigenvalue weighted by molar-refractivity contribution is 5.76. The van der Waals surface area contributed by atoms with Crippen molar-refractivity contribution in [2.75, 3.05) is 0 Å². The third-order valence-electron chi connectivity index (χ3n) is 2.34. The van der Waals surface area contributed by atoms with Crippen molar-refractivity contribution in [2.45, 2.75) is 45.5 Å². The van der Waals surface area contributed by atoms with E-state index in [0.717, 1.165) is 0 Å². The normalized spacial score (nSPS) is 26.1. The van der Waals surface area contributed by atoms with Gasteiger partial charge < -0.3 is 14.2 Å². The minimum absolute atomic E-state index is 0.0211. The second kappa shape index (κ2) is 6.23. The second-order valence-electron chi connectivity index (χ2n) is 4.27. The smallest absolute Gasteiger partial charge is 0.303 e. The maximum absolute atomic E-state index is 11.2. The zero-order valence-electron chi connectivity index (χ0n) is 10.8. The summed E-state index contributed by atoms with van der Waals surface area (Å²) in [6.45, 7) is 8.13. The molecule has 0 radical (unpaired) electrons. The molecular weight excluding hydrogens is 236 g/mol. The van der Waals surface area contributed by atoms with Gasteiger partial charge in [0.05, 0.1) is 12.0 Å². The molecule has 1 heterocycles. The Morgan fingerprint density at radius 3 is 2.44 bits per heavy atom. The predicted molar refractivity (Wildman–Crippen MR) is 64.6 cm³/mol. The molecule has 5 nitrogen and oxygen atoms in total. The molecule has 0 fully saturated rings. The van der Waals surface area contributed by atoms with Crippen molar-refractivity contribution in [1.82, 2.24) is 0 Å². The summed E-state index contributed by atoms with van der Waals surface area (Å²) in [5, 5.41) is 0. The molecule has 0 aromatic heterocycles. The molecule has 1 aliphatic heterocycles. The van der Waals surface area contributed by atoms with Crippen LogP contribution in [0.4, 0.5) is 0 Å². The molecule has 0 spiro atoms. The van der Waals surface area contributed by atoms with Gasteiger partial charge in [-0.05, 0) is 19.9 Å². The zero-order chi connectivity index (χ0) is 13.7. The summed E-state index contributed by atoms with van der Waals surface area (Å²) < 4.78 is 16.0. The van der Waals surface area contributed by atoms with Crippen LogP contribution in [0.5, 0.6) is 0 Å². The van der Waals surface area contributed by atoms with Crippen LogP contribution in [0.3, 0.4) is 0 Å². The Labute approximate surface area is 106 Å². The minimum Gasteiger partial charge on any atom is -0.494 e. The average Bonchev–Trinajstić information content (AvgIpc) is 2.20. The molecule has 3 atom stereocenters. The number of carbonyl (C=O) groups is 2. The standard InChI is InChI=1S/C13H18O5/c1-8(2)17-13-11(18-10(4)15)5-6-16-12(13)7-9(3)14/h5-6,11-13H,1,7H2,2-4H3/t11-,12-,13-/m0/s1. The monoisotopic (exact) mass is 254 g/mol. The van der Waals surface area contributed by atoms with E-state index in [1.165, 1.54) is 20.1 Å². The van der Waals surface area contributed by atoms with Crippen LogP contribution in [-0.4, -0.2) is 30.1 Å². The highest BCUT2D eigenvalue weighted by atomic mass is 16.6. The van der Waals surface area contributed by atoms with E-state index < -0.39 is 24.3 Å². The average molecular weight is 254 g/mol. The summed E-state index contributed by atoms with van der Waals surface area (Å²) in [6, 6.07) is 0. The lowest BCUT2D eigenvalue weighted by Gasteiger charge is -2.34. The molecule has 5 heteroatoms. The molecule has 1 aliphatic rings. The van der Waals surface area contributed by atoms with Crippen LogP contribution in [0.1, 0.15) is 27.2 Å². The van der Waals surface area contributed by atoms with Gasteiger partial charge in [0.2, 0.25) is 0 Å². The predicted octanol–water partition coefficient (Wildman–Crippen LogP) is 1.73. The zero-order valence-corrected chi connectivity index (χ0v) is 10.8. The van der Waals surface area contributed by atoms with Gasteiger partial charge >= 0.3 is 5.97 Å². The molecule has 0 saturated carbocycles. The van der Waals surface area contributed by atoms with Crippen molar-refractivity contribution in [3.8, 4) is 0 Å². The highest BCUT2D eigenvalue weighted by Crippen LogP contribution is 2.23. The van der Waals surface area contributed by atoms with Crippen LogP contribution in [0, 0.1) is 0 Å². The summed E-state index contributed by atoms with van der Waals surface area (Å²) in [5.41, 5.74) is 0. The van der Waals surface area contributed by atoms with Gasteiger partial charge in [-0.3, -0.25) is 9.59 Å². The molecule has 0 amide bonds. The lowest BCUT2D eigenvalue weighted by atomic mass is 10.0. The number of hydrogen-bond acceptors (Lipinski definition) is 5. The van der Waals surface area contributed by atoms with Gasteiger partial charge in [-0.2, -0.15) is 0 Å². The van der Waals surface area contributed by atoms with Gasteiger partial charge in [-0.25, -0.2) is 0 Å². The van der Waals surface area contributed by atoms with E-state index in [-0.39, 0.29) is 12.2 Å². The summed E-state index contributed by atoms with van der Waals surface area (Å²) >= 11 is 0. The van der Waals surface area contributed by atoms with E-state index in [1.54, 1.807) is 13.0 Å². The number of esters is 1. The van der Waals surface area contributed by atoms with E-state index in [2.05, 4.69) is 6.58 Å². The topological polar surface area (TPSA) is 61.8 Å². The molecule has 0 unspecified atom stereocenters. The van der Waals surface area contributed by atoms with Crippen LogP contribution in [0.15, 0.2) is 24.7 Å². The highest BCUT2D eigenvalue weighted by Gasteiger charge is 2.36. The number of ketones is 1. The lowest BCUT2D eigenvalue weighted by Crippen LogP contribution is -2.44. The fraction of sp³-hybridized carbons (Fsp3) is 0.538. The Kier molecular flexibility index (Phi) is 4.95. The Morgan fingerprint density at radius 1 is 1.28 bits per heavy atom. The van der Waals surface area contributed by atoms with Gasteiger partial charge in [0.1, 0.15) is 11.9 Å². The van der Waals surface area contributed by atoms with Crippen molar-refractivity contribution in [2.24, 2.45) is 0 Å². The van der Waals surface area contributed by atoms with Gasteiger partial charge in [-0.15, -0.1) is 0 Å². The van der Waals surface area contributed by atoms with Crippen LogP contribution >= 0.6 is 0 Å². The number of rotatable bonds is 5. The van der Waals surface area contributed by atoms with E-state index in [0.29, 0.717) is 5.76 Å². The molecule has 0 saturated heterocycles. The molecule has 0 aromatic rings. The third-order valence-corrected chi connectivity index (χ3v) is 2.34. The molecule has 0 aromatic carbocycles. The van der Waals surface area contributed by atoms with Crippen molar-refractivity contribution in [1.29, 1.82) is 0 Å². The van der Waals surface area contributed by atoms with E-state index in [1.807, 2.05) is 0 Å². The quantitative estimate of drug-likeness (QED) is 0.552. The molecule has 0 aliphatic carbocycles. The van der Waals surface area contributed by atoms with Crippen LogP contribution in [0.2, 0.25) is 0 Å². The first kappa shape index (κ1) is 14.3. The molecule has 100 valence electrons. The van der Waals surface area contributed by atoms with Crippen molar-refractivity contribution in [3.05, 3.63) is 24.7 Å². The number of allylic oxidation sites excluding steroid dienone is 1. The molecule has 0 bridgehead atoms. The Balaban J connectivity index is 2.84. The molecule has 0 N–H and O–H groups in total. The SMILES string of the molecule is C=C(C)O[C@H]1[C@@H](OC(C)=O)C=CO[C@H]1CC(C)=O. The van der Waals surface area contributed by atoms with Gasteiger partial charge in [0.25, 0.3) is 0 Å². The maximum atomic E-state index is 11.2. The fourth-order valence-corrected chi connectivity index (χ4v) is 1.74. The van der Waals surface area contributed by atoms with Crippen LogP contribution in [0.25, 0.3) is 0 Å². The molecule has 18 heavy (non-hydrogen) atoms. The molecule has 1 rings (SSSR count). The van der Waals surface area contributed by atoms with E-state index in [4.69, 9.17) is 14.2 Å². The van der Waals surface area contributed by atoms with E-state index in [9.17, 15) is 9.59 Å². The van der Waals surface area contributed by atoms with Crippen molar-refractivity contribution >= 4 is 11.8 Å². The third kappa shape index (κ3) is 4.24. The van der Waals surface area contributed by atoms with Crippen LogP contribution in [-0.2, 0) is 23.8 Å². The number of ether oxygens (including phenoxy) is 3. The van der Waals surface area contributed by atoms with Gasteiger partial charge in [0, 0.05) is 13.3 Å². The summed E-state index contributed by atoms with van der Waals surface area (Å²) in [7, 11) is 0. The lowest BCUT2D eigenvalue weighted by molar-refractivity contribution is -0.157. The van der Waals surface area contributed by atoms with Gasteiger partial charge in [0.15, 0.2) is 12.2 Å². The number of Topliss-reactive ketones (excluding diaryl/α,β-unsaturated/α-hetero) is 1.